The van der Waals surface area contributed by atoms with Crippen LogP contribution >= 0.6 is 31.9 Å². The summed E-state index contributed by atoms with van der Waals surface area (Å²) >= 11 is 7.26. The maximum atomic E-state index is 6.73. The molecule has 4 aromatic carbocycles. The lowest BCUT2D eigenvalue weighted by atomic mass is 9.85. The van der Waals surface area contributed by atoms with Gasteiger partial charge in [-0.1, -0.05) is 69.0 Å². The summed E-state index contributed by atoms with van der Waals surface area (Å²) in [6.07, 6.45) is 4.78. The van der Waals surface area contributed by atoms with Crippen LogP contribution in [-0.2, 0) is 15.9 Å². The lowest BCUT2D eigenvalue weighted by Crippen LogP contribution is -2.25. The van der Waals surface area contributed by atoms with Gasteiger partial charge in [-0.15, -0.1) is 0 Å². The molecule has 6 rings (SSSR count). The molecule has 0 saturated heterocycles. The number of anilines is 3. The topological polar surface area (TPSA) is 12.5 Å². The normalized spacial score (nSPS) is 17.1. The number of hydrogen-bond donors (Lipinski definition) is 0. The van der Waals surface area contributed by atoms with Crippen LogP contribution in [0.5, 0.6) is 0 Å². The van der Waals surface area contributed by atoms with Gasteiger partial charge in [-0.25, -0.2) is 0 Å². The van der Waals surface area contributed by atoms with E-state index in [4.69, 9.17) is 4.74 Å². The summed E-state index contributed by atoms with van der Waals surface area (Å²) in [5, 5.41) is 0. The first kappa shape index (κ1) is 25.9. The average molecular weight is 631 g/mol. The minimum atomic E-state index is -0.259. The van der Waals surface area contributed by atoms with Crippen molar-refractivity contribution in [1.82, 2.24) is 0 Å². The molecule has 2 aliphatic rings. The summed E-state index contributed by atoms with van der Waals surface area (Å²) in [6, 6.07) is 28.9. The van der Waals surface area contributed by atoms with E-state index in [9.17, 15) is 0 Å². The summed E-state index contributed by atoms with van der Waals surface area (Å²) < 4.78 is 8.91. The second kappa shape index (κ2) is 9.66. The van der Waals surface area contributed by atoms with E-state index in [0.717, 1.165) is 27.5 Å². The van der Waals surface area contributed by atoms with E-state index in [1.165, 1.54) is 57.6 Å². The van der Waals surface area contributed by atoms with Crippen molar-refractivity contribution < 1.29 is 4.74 Å². The van der Waals surface area contributed by atoms with Crippen molar-refractivity contribution in [2.24, 2.45) is 0 Å². The number of nitrogens with zero attached hydrogens (tertiary/aromatic N) is 1. The van der Waals surface area contributed by atoms with Gasteiger partial charge in [-0.3, -0.25) is 0 Å². The predicted molar refractivity (Wildman–Crippen MR) is 166 cm³/mol. The van der Waals surface area contributed by atoms with Crippen molar-refractivity contribution in [3.63, 3.8) is 0 Å². The Kier molecular flexibility index (Phi) is 6.57. The van der Waals surface area contributed by atoms with E-state index in [1.807, 2.05) is 0 Å². The Labute approximate surface area is 243 Å². The summed E-state index contributed by atoms with van der Waals surface area (Å²) in [5.41, 5.74) is 10.8. The number of hydrogen-bond acceptors (Lipinski definition) is 2. The zero-order valence-corrected chi connectivity index (χ0v) is 25.6. The molecule has 1 saturated carbocycles. The number of ether oxygens (including phenoxy) is 1. The third-order valence-corrected chi connectivity index (χ3v) is 9.27. The highest BCUT2D eigenvalue weighted by Gasteiger charge is 2.50. The number of rotatable bonds is 4. The molecule has 0 bridgehead atoms. The molecule has 0 atom stereocenters. The van der Waals surface area contributed by atoms with Crippen molar-refractivity contribution in [3.05, 3.63) is 110 Å². The number of benzene rings is 4. The van der Waals surface area contributed by atoms with E-state index in [-0.39, 0.29) is 11.2 Å². The van der Waals surface area contributed by atoms with Crippen LogP contribution in [0.3, 0.4) is 0 Å². The van der Waals surface area contributed by atoms with Gasteiger partial charge in [-0.2, -0.15) is 0 Å². The van der Waals surface area contributed by atoms with Crippen molar-refractivity contribution >= 4 is 48.9 Å². The number of fused-ring (bicyclic) bond motifs is 2. The zero-order chi connectivity index (χ0) is 26.7. The first-order chi connectivity index (χ1) is 18.2. The third kappa shape index (κ3) is 4.45. The summed E-state index contributed by atoms with van der Waals surface area (Å²) in [4.78, 5) is 2.36. The Morgan fingerprint density at radius 2 is 1.21 bits per heavy atom. The summed E-state index contributed by atoms with van der Waals surface area (Å²) in [5.74, 6) is 0. The van der Waals surface area contributed by atoms with Crippen LogP contribution < -0.4 is 4.90 Å². The van der Waals surface area contributed by atoms with Gasteiger partial charge in [0.2, 0.25) is 0 Å². The van der Waals surface area contributed by atoms with E-state index in [2.05, 4.69) is 143 Å². The zero-order valence-electron chi connectivity index (χ0n) is 22.4. The maximum absolute atomic E-state index is 6.73. The van der Waals surface area contributed by atoms with Crippen molar-refractivity contribution in [3.8, 4) is 11.1 Å². The van der Waals surface area contributed by atoms with E-state index in [1.54, 1.807) is 0 Å². The molecule has 4 aromatic rings. The Hall–Kier alpha value is -2.40. The van der Waals surface area contributed by atoms with Crippen LogP contribution in [0.25, 0.3) is 11.1 Å². The Bertz CT molecular complexity index is 1470. The van der Waals surface area contributed by atoms with Crippen LogP contribution in [-0.4, -0.2) is 0 Å². The SMILES string of the molecule is Cc1cc(Br)ccc1N(c1ccc(-c2ccc3c(c2)C(C)(C)OC32CCCC2)cc1)c1ccc(Br)cc1C. The second-order valence-corrected chi connectivity index (χ2v) is 13.1. The Balaban J connectivity index is 1.40. The van der Waals surface area contributed by atoms with Gasteiger partial charge in [0.05, 0.1) is 11.2 Å². The molecule has 38 heavy (non-hydrogen) atoms. The Morgan fingerprint density at radius 3 is 1.76 bits per heavy atom. The smallest absolute Gasteiger partial charge is 0.0946 e. The first-order valence-electron chi connectivity index (χ1n) is 13.4. The number of halogens is 2. The molecule has 1 heterocycles. The molecule has 194 valence electrons. The van der Waals surface area contributed by atoms with Crippen molar-refractivity contribution in [1.29, 1.82) is 0 Å². The molecule has 1 spiro atoms. The fourth-order valence-corrected chi connectivity index (χ4v) is 7.44. The molecule has 0 N–H and O–H groups in total. The van der Waals surface area contributed by atoms with E-state index < -0.39 is 0 Å². The second-order valence-electron chi connectivity index (χ2n) is 11.3. The molecule has 0 radical (unpaired) electrons. The van der Waals surface area contributed by atoms with Gasteiger partial charge < -0.3 is 9.64 Å². The van der Waals surface area contributed by atoms with Crippen LogP contribution in [0.15, 0.2) is 87.8 Å². The van der Waals surface area contributed by atoms with Gasteiger partial charge in [0.1, 0.15) is 0 Å². The molecule has 2 nitrogen and oxygen atoms in total. The summed E-state index contributed by atoms with van der Waals surface area (Å²) in [6.45, 7) is 8.79. The minimum Gasteiger partial charge on any atom is -0.360 e. The van der Waals surface area contributed by atoms with E-state index in [0.29, 0.717) is 0 Å². The summed E-state index contributed by atoms with van der Waals surface area (Å²) in [7, 11) is 0. The molecule has 0 aromatic heterocycles. The molecule has 1 aliphatic carbocycles. The minimum absolute atomic E-state index is 0.0766. The van der Waals surface area contributed by atoms with E-state index >= 15 is 0 Å². The van der Waals surface area contributed by atoms with Crippen LogP contribution in [0.1, 0.15) is 61.8 Å². The van der Waals surface area contributed by atoms with Crippen molar-refractivity contribution in [2.75, 3.05) is 4.90 Å². The molecule has 1 aliphatic heterocycles. The van der Waals surface area contributed by atoms with Crippen LogP contribution in [0.4, 0.5) is 17.1 Å². The average Bonchev–Trinajstić information content (AvgIpc) is 3.43. The number of aryl methyl sites for hydroxylation is 2. The van der Waals surface area contributed by atoms with Crippen molar-refractivity contribution in [2.45, 2.75) is 64.6 Å². The van der Waals surface area contributed by atoms with Crippen LogP contribution in [0, 0.1) is 13.8 Å². The van der Waals surface area contributed by atoms with Gasteiger partial charge >= 0.3 is 0 Å². The molecular formula is C34H33Br2NO. The molecule has 4 heteroatoms. The quantitative estimate of drug-likeness (QED) is 0.222. The fourth-order valence-electron chi connectivity index (χ4n) is 6.49. The monoisotopic (exact) mass is 629 g/mol. The Morgan fingerprint density at radius 1 is 0.658 bits per heavy atom. The highest BCUT2D eigenvalue weighted by molar-refractivity contribution is 9.10. The first-order valence-corrected chi connectivity index (χ1v) is 15.0. The standard InChI is InChI=1S/C34H33Br2NO/c1-22-19-26(35)10-15-31(22)37(32-16-11-27(36)20-23(32)2)28-12-7-24(8-13-28)25-9-14-29-30(21-25)33(3,4)38-34(29)17-5-6-18-34/h7-16,19-21H,5-6,17-18H2,1-4H3. The third-order valence-electron chi connectivity index (χ3n) is 8.28. The maximum Gasteiger partial charge on any atom is 0.0946 e. The lowest BCUT2D eigenvalue weighted by Gasteiger charge is -2.29. The highest BCUT2D eigenvalue weighted by atomic mass is 79.9. The molecule has 1 fully saturated rings. The van der Waals surface area contributed by atoms with Gasteiger partial charge in [0.25, 0.3) is 0 Å². The highest BCUT2D eigenvalue weighted by Crippen LogP contribution is 2.55. The fraction of sp³-hybridized carbons (Fsp3) is 0.294. The van der Waals surface area contributed by atoms with Gasteiger partial charge in [0.15, 0.2) is 0 Å². The predicted octanol–water partition coefficient (Wildman–Crippen LogP) is 11.0. The van der Waals surface area contributed by atoms with Crippen LogP contribution in [0.2, 0.25) is 0 Å². The van der Waals surface area contributed by atoms with Gasteiger partial charge in [-0.05, 0) is 129 Å². The largest absolute Gasteiger partial charge is 0.360 e. The lowest BCUT2D eigenvalue weighted by molar-refractivity contribution is -0.122. The molecule has 0 amide bonds. The molecular weight excluding hydrogens is 598 g/mol. The van der Waals surface area contributed by atoms with Gasteiger partial charge in [0, 0.05) is 26.0 Å². The molecule has 0 unspecified atom stereocenters.